The lowest BCUT2D eigenvalue weighted by Crippen LogP contribution is -2.41. The maximum Gasteiger partial charge on any atom is 0.182 e. The van der Waals surface area contributed by atoms with Gasteiger partial charge in [-0.1, -0.05) is 12.8 Å². The summed E-state index contributed by atoms with van der Waals surface area (Å²) in [5.74, 6) is 1.77. The fraction of sp³-hybridized carbons (Fsp3) is 0.706. The summed E-state index contributed by atoms with van der Waals surface area (Å²) in [4.78, 5) is 21.3. The summed E-state index contributed by atoms with van der Waals surface area (Å²) in [5, 5.41) is 0. The third-order valence-electron chi connectivity index (χ3n) is 5.24. The summed E-state index contributed by atoms with van der Waals surface area (Å²) in [6, 6.07) is 0. The second kappa shape index (κ2) is 6.83. The molecule has 2 saturated heterocycles. The Morgan fingerprint density at radius 3 is 2.74 bits per heavy atom. The number of fused-ring (bicyclic) bond motifs is 1. The number of anilines is 1. The van der Waals surface area contributed by atoms with Crippen molar-refractivity contribution in [3.05, 3.63) is 12.7 Å². The van der Waals surface area contributed by atoms with Gasteiger partial charge in [0.1, 0.15) is 11.8 Å². The number of piperidine rings is 1. The van der Waals surface area contributed by atoms with Crippen molar-refractivity contribution >= 4 is 17.0 Å². The van der Waals surface area contributed by atoms with Crippen molar-refractivity contribution in [2.75, 3.05) is 37.6 Å². The lowest BCUT2D eigenvalue weighted by atomic mass is 9.97. The van der Waals surface area contributed by atoms with Gasteiger partial charge in [0.15, 0.2) is 11.5 Å². The van der Waals surface area contributed by atoms with E-state index in [0.29, 0.717) is 0 Å². The van der Waals surface area contributed by atoms with Gasteiger partial charge in [0.25, 0.3) is 0 Å². The van der Waals surface area contributed by atoms with Crippen LogP contribution >= 0.6 is 0 Å². The minimum Gasteiger partial charge on any atom is -0.354 e. The van der Waals surface area contributed by atoms with Crippen molar-refractivity contribution in [2.24, 2.45) is 5.92 Å². The number of hydrogen-bond acceptors (Lipinski definition) is 5. The molecule has 0 aromatic carbocycles. The highest BCUT2D eigenvalue weighted by Gasteiger charge is 2.25. The average Bonchev–Trinajstić information content (AvgIpc) is 2.92. The van der Waals surface area contributed by atoms with Gasteiger partial charge in [-0.05, 0) is 44.7 Å². The van der Waals surface area contributed by atoms with Crippen LogP contribution in [0, 0.1) is 5.92 Å². The molecule has 2 aromatic rings. The Morgan fingerprint density at radius 2 is 1.87 bits per heavy atom. The van der Waals surface area contributed by atoms with E-state index in [1.54, 1.807) is 12.7 Å². The molecular weight excluding hydrogens is 288 g/mol. The van der Waals surface area contributed by atoms with Crippen LogP contribution in [0.5, 0.6) is 0 Å². The Bertz CT molecular complexity index is 631. The first-order valence-electron chi connectivity index (χ1n) is 9.01. The van der Waals surface area contributed by atoms with E-state index in [1.165, 1.54) is 58.2 Å². The molecule has 6 nitrogen and oxygen atoms in total. The van der Waals surface area contributed by atoms with Gasteiger partial charge in [0.05, 0.1) is 6.33 Å². The molecule has 1 atom stereocenters. The number of likely N-dealkylation sites (tertiary alicyclic amines) is 1. The second-order valence-electron chi connectivity index (χ2n) is 6.97. The Balaban J connectivity index is 1.45. The number of H-pyrrole nitrogens is 1. The first-order chi connectivity index (χ1) is 11.4. The van der Waals surface area contributed by atoms with Crippen LogP contribution in [0.15, 0.2) is 12.7 Å². The average molecular weight is 314 g/mol. The van der Waals surface area contributed by atoms with E-state index in [-0.39, 0.29) is 0 Å². The van der Waals surface area contributed by atoms with Gasteiger partial charge in [-0.15, -0.1) is 0 Å². The molecule has 23 heavy (non-hydrogen) atoms. The molecule has 0 bridgehead atoms. The molecule has 124 valence electrons. The van der Waals surface area contributed by atoms with Gasteiger partial charge in [-0.2, -0.15) is 0 Å². The van der Waals surface area contributed by atoms with Gasteiger partial charge in [-0.25, -0.2) is 15.0 Å². The molecule has 2 aliphatic heterocycles. The van der Waals surface area contributed by atoms with Crippen LogP contribution in [0.3, 0.4) is 0 Å². The van der Waals surface area contributed by atoms with E-state index in [4.69, 9.17) is 0 Å². The summed E-state index contributed by atoms with van der Waals surface area (Å²) in [5.41, 5.74) is 1.74. The second-order valence-corrected chi connectivity index (χ2v) is 6.97. The molecule has 0 unspecified atom stereocenters. The lowest BCUT2D eigenvalue weighted by Gasteiger charge is -2.36. The van der Waals surface area contributed by atoms with E-state index in [9.17, 15) is 0 Å². The molecular formula is C17H26N6. The molecule has 4 heterocycles. The van der Waals surface area contributed by atoms with Crippen LogP contribution < -0.4 is 4.90 Å². The number of aromatic amines is 1. The van der Waals surface area contributed by atoms with E-state index in [2.05, 4.69) is 29.7 Å². The SMILES string of the molecule is c1nc(N2CCC[C@H](CN3CCCCCC3)C2)c2[nH]cnc2n1. The zero-order valence-corrected chi connectivity index (χ0v) is 13.7. The Labute approximate surface area is 137 Å². The van der Waals surface area contributed by atoms with Crippen LogP contribution in [-0.4, -0.2) is 57.6 Å². The number of imidazole rings is 1. The van der Waals surface area contributed by atoms with Crippen LogP contribution in [0.25, 0.3) is 11.2 Å². The molecule has 0 radical (unpaired) electrons. The zero-order chi connectivity index (χ0) is 15.5. The lowest BCUT2D eigenvalue weighted by molar-refractivity contribution is 0.222. The number of rotatable bonds is 3. The van der Waals surface area contributed by atoms with Crippen LogP contribution in [-0.2, 0) is 0 Å². The third kappa shape index (κ3) is 3.32. The van der Waals surface area contributed by atoms with Crippen LogP contribution in [0.4, 0.5) is 5.82 Å². The molecule has 2 aromatic heterocycles. The minimum absolute atomic E-state index is 0.745. The Kier molecular flexibility index (Phi) is 4.41. The van der Waals surface area contributed by atoms with Crippen molar-refractivity contribution in [1.82, 2.24) is 24.8 Å². The van der Waals surface area contributed by atoms with Gasteiger partial charge in [-0.3, -0.25) is 0 Å². The van der Waals surface area contributed by atoms with E-state index < -0.39 is 0 Å². The van der Waals surface area contributed by atoms with Gasteiger partial charge < -0.3 is 14.8 Å². The number of nitrogens with zero attached hydrogens (tertiary/aromatic N) is 5. The molecule has 0 amide bonds. The molecule has 1 N–H and O–H groups in total. The molecule has 0 saturated carbocycles. The fourth-order valence-electron chi connectivity index (χ4n) is 4.08. The molecule has 2 fully saturated rings. The summed E-state index contributed by atoms with van der Waals surface area (Å²) in [6.45, 7) is 6.00. The van der Waals surface area contributed by atoms with E-state index in [1.807, 2.05) is 0 Å². The molecule has 0 spiro atoms. The number of nitrogens with one attached hydrogen (secondary N) is 1. The van der Waals surface area contributed by atoms with E-state index >= 15 is 0 Å². The Hall–Kier alpha value is -1.69. The normalized spacial score (nSPS) is 24.0. The predicted octanol–water partition coefficient (Wildman–Crippen LogP) is 2.45. The highest BCUT2D eigenvalue weighted by atomic mass is 15.2. The zero-order valence-electron chi connectivity index (χ0n) is 13.7. The van der Waals surface area contributed by atoms with Crippen LogP contribution in [0.1, 0.15) is 38.5 Å². The van der Waals surface area contributed by atoms with Crippen molar-refractivity contribution in [3.8, 4) is 0 Å². The maximum absolute atomic E-state index is 4.53. The third-order valence-corrected chi connectivity index (χ3v) is 5.24. The number of hydrogen-bond donors (Lipinski definition) is 1. The van der Waals surface area contributed by atoms with Gasteiger partial charge >= 0.3 is 0 Å². The molecule has 4 rings (SSSR count). The van der Waals surface area contributed by atoms with Crippen molar-refractivity contribution in [1.29, 1.82) is 0 Å². The molecule has 0 aliphatic carbocycles. The monoisotopic (exact) mass is 314 g/mol. The summed E-state index contributed by atoms with van der Waals surface area (Å²) < 4.78 is 0. The van der Waals surface area contributed by atoms with Gasteiger partial charge in [0, 0.05) is 19.6 Å². The first-order valence-corrected chi connectivity index (χ1v) is 9.01. The largest absolute Gasteiger partial charge is 0.354 e. The minimum atomic E-state index is 0.745. The smallest absolute Gasteiger partial charge is 0.182 e. The summed E-state index contributed by atoms with van der Waals surface area (Å²) in [6.07, 6.45) is 11.5. The topological polar surface area (TPSA) is 60.9 Å². The standard InChI is InChI=1S/C17H26N6/c1-2-4-8-22(7-3-1)10-14-6-5-9-23(11-14)17-15-16(19-12-18-15)20-13-21-17/h12-14H,1-11H2,(H,18,19,20,21)/t14-/m1/s1. The predicted molar refractivity (Wildman–Crippen MR) is 91.5 cm³/mol. The quantitative estimate of drug-likeness (QED) is 0.943. The van der Waals surface area contributed by atoms with Gasteiger partial charge in [0.2, 0.25) is 0 Å². The highest BCUT2D eigenvalue weighted by Crippen LogP contribution is 2.26. The fourth-order valence-corrected chi connectivity index (χ4v) is 4.08. The Morgan fingerprint density at radius 1 is 1.00 bits per heavy atom. The van der Waals surface area contributed by atoms with Crippen LogP contribution in [0.2, 0.25) is 0 Å². The summed E-state index contributed by atoms with van der Waals surface area (Å²) in [7, 11) is 0. The van der Waals surface area contributed by atoms with Crippen molar-refractivity contribution < 1.29 is 0 Å². The maximum atomic E-state index is 4.53. The molecule has 2 aliphatic rings. The van der Waals surface area contributed by atoms with E-state index in [0.717, 1.165) is 36.0 Å². The van der Waals surface area contributed by atoms with Crippen molar-refractivity contribution in [3.63, 3.8) is 0 Å². The van der Waals surface area contributed by atoms with Crippen molar-refractivity contribution in [2.45, 2.75) is 38.5 Å². The summed E-state index contributed by atoms with van der Waals surface area (Å²) >= 11 is 0. The molecule has 6 heteroatoms. The highest BCUT2D eigenvalue weighted by molar-refractivity contribution is 5.82. The number of aromatic nitrogens is 4. The first kappa shape index (κ1) is 14.9.